The minimum atomic E-state index is -0.105. The highest BCUT2D eigenvalue weighted by atomic mass is 35.5. The Hall–Kier alpha value is -1.79. The maximum Gasteiger partial charge on any atom is 0.226 e. The topological polar surface area (TPSA) is 77.5 Å². The first kappa shape index (κ1) is 12.7. The molecule has 0 aromatic heterocycles. The number of rotatable bonds is 3. The minimum Gasteiger partial charge on any atom is -0.325 e. The molecule has 0 spiro atoms. The van der Waals surface area contributed by atoms with Crippen molar-refractivity contribution in [1.82, 2.24) is 16.5 Å². The van der Waals surface area contributed by atoms with Crippen LogP contribution in [0.2, 0.25) is 5.02 Å². The lowest BCUT2D eigenvalue weighted by molar-refractivity contribution is -0.118. The molecule has 6 nitrogen and oxygen atoms in total. The van der Waals surface area contributed by atoms with Crippen LogP contribution in [0.4, 0.5) is 5.69 Å². The predicted molar refractivity (Wildman–Crippen MR) is 70.9 cm³/mol. The fourth-order valence-electron chi connectivity index (χ4n) is 1.43. The summed E-state index contributed by atoms with van der Waals surface area (Å²) in [6.07, 6.45) is 0. The molecule has 2 rings (SSSR count). The van der Waals surface area contributed by atoms with Crippen LogP contribution in [0, 0.1) is 5.92 Å². The van der Waals surface area contributed by atoms with Crippen LogP contribution < -0.4 is 21.8 Å². The van der Waals surface area contributed by atoms with Gasteiger partial charge in [-0.15, -0.1) is 10.6 Å². The number of hydrazone groups is 1. The van der Waals surface area contributed by atoms with Crippen LogP contribution >= 0.6 is 11.6 Å². The van der Waals surface area contributed by atoms with E-state index in [0.29, 0.717) is 16.5 Å². The molecule has 1 amide bonds. The van der Waals surface area contributed by atoms with Crippen molar-refractivity contribution in [3.63, 3.8) is 0 Å². The number of halogens is 1. The number of amides is 1. The van der Waals surface area contributed by atoms with Crippen molar-refractivity contribution < 1.29 is 4.79 Å². The normalized spacial score (nSPS) is 13.9. The lowest BCUT2D eigenvalue weighted by atomic mass is 10.1. The molecule has 96 valence electrons. The number of benzene rings is 1. The molecule has 0 aliphatic carbocycles. The summed E-state index contributed by atoms with van der Waals surface area (Å²) in [5.41, 5.74) is 9.42. The number of amidine groups is 1. The van der Waals surface area contributed by atoms with Gasteiger partial charge < -0.3 is 5.32 Å². The van der Waals surface area contributed by atoms with Gasteiger partial charge in [-0.3, -0.25) is 10.2 Å². The Morgan fingerprint density at radius 3 is 2.83 bits per heavy atom. The SMILES string of the molecule is CC(C)C(=O)Nc1cc(Cl)ccc1C1=NNNN1. The van der Waals surface area contributed by atoms with Crippen molar-refractivity contribution >= 4 is 29.0 Å². The fourth-order valence-corrected chi connectivity index (χ4v) is 1.60. The Balaban J connectivity index is 2.32. The summed E-state index contributed by atoms with van der Waals surface area (Å²) < 4.78 is 0. The minimum absolute atomic E-state index is 0.0713. The van der Waals surface area contributed by atoms with Gasteiger partial charge in [0.2, 0.25) is 5.91 Å². The van der Waals surface area contributed by atoms with Crippen LogP contribution in [0.15, 0.2) is 23.3 Å². The molecule has 0 radical (unpaired) electrons. The van der Waals surface area contributed by atoms with Gasteiger partial charge in [0.1, 0.15) is 0 Å². The largest absolute Gasteiger partial charge is 0.325 e. The monoisotopic (exact) mass is 267 g/mol. The van der Waals surface area contributed by atoms with E-state index in [1.807, 2.05) is 13.8 Å². The smallest absolute Gasteiger partial charge is 0.226 e. The van der Waals surface area contributed by atoms with Gasteiger partial charge in [-0.05, 0) is 18.2 Å². The molecular weight excluding hydrogens is 254 g/mol. The molecular formula is C11H14ClN5O. The number of hydrazine groups is 2. The van der Waals surface area contributed by atoms with Crippen molar-refractivity contribution in [2.75, 3.05) is 5.32 Å². The number of carbonyl (C=O) groups is 1. The molecule has 0 saturated carbocycles. The van der Waals surface area contributed by atoms with Crippen molar-refractivity contribution in [3.8, 4) is 0 Å². The lowest BCUT2D eigenvalue weighted by Gasteiger charge is -2.12. The van der Waals surface area contributed by atoms with Crippen LogP contribution in [0.25, 0.3) is 0 Å². The third-order valence-electron chi connectivity index (χ3n) is 2.42. The summed E-state index contributed by atoms with van der Waals surface area (Å²) >= 11 is 5.94. The number of hydrogen-bond acceptors (Lipinski definition) is 5. The predicted octanol–water partition coefficient (Wildman–Crippen LogP) is 1.21. The average Bonchev–Trinajstić information content (AvgIpc) is 2.82. The summed E-state index contributed by atoms with van der Waals surface area (Å²) in [4.78, 5) is 11.7. The van der Waals surface area contributed by atoms with Crippen molar-refractivity contribution in [2.24, 2.45) is 11.0 Å². The number of anilines is 1. The third-order valence-corrected chi connectivity index (χ3v) is 2.66. The Bertz CT molecular complexity index is 500. The van der Waals surface area contributed by atoms with Gasteiger partial charge >= 0.3 is 0 Å². The van der Waals surface area contributed by atoms with Gasteiger partial charge in [-0.2, -0.15) is 0 Å². The Morgan fingerprint density at radius 2 is 2.22 bits per heavy atom. The van der Waals surface area contributed by atoms with E-state index in [2.05, 4.69) is 26.9 Å². The van der Waals surface area contributed by atoms with Crippen LogP contribution in [-0.4, -0.2) is 11.7 Å². The Morgan fingerprint density at radius 1 is 1.44 bits per heavy atom. The molecule has 1 aliphatic heterocycles. The standard InChI is InChI=1S/C11H14ClN5O/c1-6(2)11(18)13-9-5-7(12)3-4-8(9)10-14-16-17-15-10/h3-6,16-17H,1-2H3,(H,13,18)(H,14,15). The summed E-state index contributed by atoms with van der Waals surface area (Å²) in [7, 11) is 0. The third kappa shape index (κ3) is 2.72. The molecule has 7 heteroatoms. The van der Waals surface area contributed by atoms with Crippen molar-refractivity contribution in [1.29, 1.82) is 0 Å². The van der Waals surface area contributed by atoms with E-state index >= 15 is 0 Å². The summed E-state index contributed by atoms with van der Waals surface area (Å²) in [6, 6.07) is 5.23. The van der Waals surface area contributed by atoms with Gasteiger partial charge in [0, 0.05) is 16.5 Å². The van der Waals surface area contributed by atoms with Crippen LogP contribution in [0.5, 0.6) is 0 Å². The molecule has 1 heterocycles. The van der Waals surface area contributed by atoms with E-state index in [-0.39, 0.29) is 11.8 Å². The first-order valence-corrected chi connectivity index (χ1v) is 5.90. The van der Waals surface area contributed by atoms with Gasteiger partial charge in [-0.1, -0.05) is 25.4 Å². The quantitative estimate of drug-likeness (QED) is 0.664. The Kier molecular flexibility index (Phi) is 3.69. The highest BCUT2D eigenvalue weighted by molar-refractivity contribution is 6.31. The fraction of sp³-hybridized carbons (Fsp3) is 0.273. The first-order chi connectivity index (χ1) is 8.58. The molecule has 0 bridgehead atoms. The van der Waals surface area contributed by atoms with E-state index in [9.17, 15) is 4.79 Å². The molecule has 18 heavy (non-hydrogen) atoms. The van der Waals surface area contributed by atoms with E-state index in [1.54, 1.807) is 18.2 Å². The van der Waals surface area contributed by atoms with Crippen LogP contribution in [-0.2, 0) is 4.79 Å². The molecule has 0 saturated heterocycles. The first-order valence-electron chi connectivity index (χ1n) is 5.52. The van der Waals surface area contributed by atoms with Crippen molar-refractivity contribution in [2.45, 2.75) is 13.8 Å². The second-order valence-electron chi connectivity index (χ2n) is 4.16. The maximum atomic E-state index is 11.7. The Labute approximate surface area is 110 Å². The molecule has 1 aliphatic rings. The zero-order valence-electron chi connectivity index (χ0n) is 10.0. The second kappa shape index (κ2) is 5.24. The van der Waals surface area contributed by atoms with E-state index in [4.69, 9.17) is 11.6 Å². The maximum absolute atomic E-state index is 11.7. The number of nitrogens with one attached hydrogen (secondary N) is 4. The summed E-state index contributed by atoms with van der Waals surface area (Å²) in [6.45, 7) is 3.65. The van der Waals surface area contributed by atoms with Crippen molar-refractivity contribution in [3.05, 3.63) is 28.8 Å². The molecule has 1 aromatic carbocycles. The van der Waals surface area contributed by atoms with Crippen LogP contribution in [0.1, 0.15) is 19.4 Å². The molecule has 0 atom stereocenters. The zero-order valence-corrected chi connectivity index (χ0v) is 10.8. The highest BCUT2D eigenvalue weighted by Crippen LogP contribution is 2.22. The number of nitrogens with zero attached hydrogens (tertiary/aromatic N) is 1. The summed E-state index contributed by atoms with van der Waals surface area (Å²) in [5, 5.41) is 7.38. The van der Waals surface area contributed by atoms with E-state index in [0.717, 1.165) is 5.56 Å². The number of carbonyl (C=O) groups excluding carboxylic acids is 1. The highest BCUT2D eigenvalue weighted by Gasteiger charge is 2.16. The number of hydrogen-bond donors (Lipinski definition) is 4. The molecule has 0 fully saturated rings. The van der Waals surface area contributed by atoms with Gasteiger partial charge in [0.15, 0.2) is 5.84 Å². The molecule has 1 aromatic rings. The average molecular weight is 268 g/mol. The van der Waals surface area contributed by atoms with Gasteiger partial charge in [0.25, 0.3) is 0 Å². The van der Waals surface area contributed by atoms with Crippen LogP contribution in [0.3, 0.4) is 0 Å². The summed E-state index contributed by atoms with van der Waals surface area (Å²) in [5.74, 6) is 0.412. The van der Waals surface area contributed by atoms with Gasteiger partial charge in [-0.25, -0.2) is 5.53 Å². The van der Waals surface area contributed by atoms with E-state index < -0.39 is 0 Å². The molecule has 4 N–H and O–H groups in total. The molecule has 0 unspecified atom stereocenters. The van der Waals surface area contributed by atoms with E-state index in [1.165, 1.54) is 0 Å². The zero-order chi connectivity index (χ0) is 13.1. The second-order valence-corrected chi connectivity index (χ2v) is 4.59. The van der Waals surface area contributed by atoms with Gasteiger partial charge in [0.05, 0.1) is 5.69 Å². The lowest BCUT2D eigenvalue weighted by Crippen LogP contribution is -2.35.